The van der Waals surface area contributed by atoms with Crippen LogP contribution < -0.4 is 0 Å². The van der Waals surface area contributed by atoms with Crippen LogP contribution in [-0.2, 0) is 28.6 Å². The Labute approximate surface area is 480 Å². The van der Waals surface area contributed by atoms with Crippen LogP contribution in [0.15, 0.2) is 36.5 Å². The molecule has 77 heavy (non-hydrogen) atoms. The molecule has 0 radical (unpaired) electrons. The zero-order valence-electron chi connectivity index (χ0n) is 52.0. The molecule has 0 aromatic carbocycles. The maximum absolute atomic E-state index is 12.9. The monoisotopic (exact) mass is 1080 g/mol. The molecule has 0 aliphatic rings. The number of allylic oxidation sites excluding steroid dienone is 6. The van der Waals surface area contributed by atoms with Gasteiger partial charge in [-0.25, -0.2) is 0 Å². The number of esters is 3. The highest BCUT2D eigenvalue weighted by Gasteiger charge is 2.19. The van der Waals surface area contributed by atoms with Gasteiger partial charge in [0.2, 0.25) is 0 Å². The quantitative estimate of drug-likeness (QED) is 0.0261. The summed E-state index contributed by atoms with van der Waals surface area (Å²) < 4.78 is 16.9. The lowest BCUT2D eigenvalue weighted by atomic mass is 10.0. The van der Waals surface area contributed by atoms with Gasteiger partial charge in [-0.1, -0.05) is 320 Å². The van der Waals surface area contributed by atoms with Gasteiger partial charge < -0.3 is 14.2 Å². The van der Waals surface area contributed by atoms with E-state index in [1.807, 2.05) is 0 Å². The van der Waals surface area contributed by atoms with Crippen molar-refractivity contribution in [2.45, 2.75) is 386 Å². The minimum atomic E-state index is -0.768. The van der Waals surface area contributed by atoms with E-state index in [0.29, 0.717) is 19.3 Å². The van der Waals surface area contributed by atoms with E-state index < -0.39 is 6.10 Å². The zero-order chi connectivity index (χ0) is 55.7. The molecular weight excluding hydrogens is 949 g/mol. The average molecular weight is 1080 g/mol. The second-order valence-corrected chi connectivity index (χ2v) is 23.4. The van der Waals surface area contributed by atoms with E-state index in [-0.39, 0.29) is 31.1 Å². The van der Waals surface area contributed by atoms with Crippen molar-refractivity contribution in [2.75, 3.05) is 13.2 Å². The lowest BCUT2D eigenvalue weighted by Crippen LogP contribution is -2.30. The van der Waals surface area contributed by atoms with Crippen LogP contribution in [0.1, 0.15) is 380 Å². The Morgan fingerprint density at radius 1 is 0.260 bits per heavy atom. The van der Waals surface area contributed by atoms with Gasteiger partial charge in [-0.05, 0) is 77.0 Å². The van der Waals surface area contributed by atoms with Crippen LogP contribution >= 0.6 is 0 Å². The molecular formula is C71H132O6. The number of hydrogen-bond donors (Lipinski definition) is 0. The molecule has 0 aromatic rings. The molecule has 0 heterocycles. The number of unbranched alkanes of at least 4 members (excludes halogenated alkanes) is 47. The summed E-state index contributed by atoms with van der Waals surface area (Å²) in [6.07, 6.45) is 82.0. The SMILES string of the molecule is CCCCCCC/C=C\C/C=C\CCCCCCCCCCCCCCCCCC(=O)OCC(COC(=O)CCCCCCCCC)OC(=O)CCCCCCCCCCCCCCC/C=C\CCCCCCCCCC. The van der Waals surface area contributed by atoms with E-state index in [9.17, 15) is 14.4 Å². The van der Waals surface area contributed by atoms with Crippen LogP contribution in [0.3, 0.4) is 0 Å². The molecule has 1 unspecified atom stereocenters. The average Bonchev–Trinajstić information content (AvgIpc) is 3.43. The first-order valence-electron chi connectivity index (χ1n) is 34.5. The van der Waals surface area contributed by atoms with Crippen LogP contribution in [0.5, 0.6) is 0 Å². The first kappa shape index (κ1) is 74.6. The zero-order valence-corrected chi connectivity index (χ0v) is 52.0. The summed E-state index contributed by atoms with van der Waals surface area (Å²) in [5.74, 6) is -0.850. The summed E-state index contributed by atoms with van der Waals surface area (Å²) >= 11 is 0. The summed E-state index contributed by atoms with van der Waals surface area (Å²) in [4.78, 5) is 38.1. The highest BCUT2D eigenvalue weighted by atomic mass is 16.6. The Morgan fingerprint density at radius 3 is 0.727 bits per heavy atom. The standard InChI is InChI=1S/C71H132O6/c1-4-7-10-13-16-18-20-22-24-26-28-30-32-34-35-37-38-40-42-44-46-48-50-52-55-58-61-64-70(73)76-67-68(66-75-69(72)63-60-57-54-15-12-9-6-3)77-71(74)65-62-59-56-53-51-49-47-45-43-41-39-36-33-31-29-27-25-23-21-19-17-14-11-8-5-2/h20,22,26-29,68H,4-19,21,23-25,30-67H2,1-3H3/b22-20-,28-26-,29-27-. The van der Waals surface area contributed by atoms with Gasteiger partial charge in [0.1, 0.15) is 13.2 Å². The van der Waals surface area contributed by atoms with E-state index in [4.69, 9.17) is 14.2 Å². The van der Waals surface area contributed by atoms with Crippen molar-refractivity contribution in [2.24, 2.45) is 0 Å². The van der Waals surface area contributed by atoms with Crippen molar-refractivity contribution >= 4 is 17.9 Å². The summed E-state index contributed by atoms with van der Waals surface area (Å²) in [5, 5.41) is 0. The highest BCUT2D eigenvalue weighted by Crippen LogP contribution is 2.18. The predicted octanol–water partition coefficient (Wildman–Crippen LogP) is 23.6. The van der Waals surface area contributed by atoms with Crippen molar-refractivity contribution < 1.29 is 28.6 Å². The number of carbonyl (C=O) groups is 3. The number of hydrogen-bond acceptors (Lipinski definition) is 6. The van der Waals surface area contributed by atoms with Crippen molar-refractivity contribution in [3.05, 3.63) is 36.5 Å². The number of ether oxygens (including phenoxy) is 3. The van der Waals surface area contributed by atoms with Gasteiger partial charge in [-0.2, -0.15) is 0 Å². The third-order valence-electron chi connectivity index (χ3n) is 15.6. The second kappa shape index (κ2) is 66.1. The van der Waals surface area contributed by atoms with Crippen molar-refractivity contribution in [1.29, 1.82) is 0 Å². The first-order chi connectivity index (χ1) is 38.0. The maximum Gasteiger partial charge on any atom is 0.306 e. The summed E-state index contributed by atoms with van der Waals surface area (Å²) in [6, 6.07) is 0. The Bertz CT molecular complexity index is 1290. The number of carbonyl (C=O) groups excluding carboxylic acids is 3. The van der Waals surface area contributed by atoms with E-state index >= 15 is 0 Å². The van der Waals surface area contributed by atoms with E-state index in [2.05, 4.69) is 57.2 Å². The molecule has 0 saturated heterocycles. The second-order valence-electron chi connectivity index (χ2n) is 23.4. The van der Waals surface area contributed by atoms with Crippen LogP contribution in [0, 0.1) is 0 Å². The van der Waals surface area contributed by atoms with Gasteiger partial charge in [-0.3, -0.25) is 14.4 Å². The molecule has 0 rings (SSSR count). The fourth-order valence-electron chi connectivity index (χ4n) is 10.4. The number of rotatable bonds is 64. The van der Waals surface area contributed by atoms with Crippen molar-refractivity contribution in [1.82, 2.24) is 0 Å². The third-order valence-corrected chi connectivity index (χ3v) is 15.6. The van der Waals surface area contributed by atoms with Crippen LogP contribution in [-0.4, -0.2) is 37.2 Å². The molecule has 0 fully saturated rings. The van der Waals surface area contributed by atoms with Gasteiger partial charge in [0.25, 0.3) is 0 Å². The Balaban J connectivity index is 4.04. The van der Waals surface area contributed by atoms with E-state index in [1.54, 1.807) is 0 Å². The molecule has 0 aromatic heterocycles. The smallest absolute Gasteiger partial charge is 0.306 e. The Hall–Kier alpha value is -2.37. The molecule has 452 valence electrons. The van der Waals surface area contributed by atoms with Gasteiger partial charge in [0.05, 0.1) is 0 Å². The summed E-state index contributed by atoms with van der Waals surface area (Å²) in [5.41, 5.74) is 0. The molecule has 6 nitrogen and oxygen atoms in total. The van der Waals surface area contributed by atoms with Gasteiger partial charge in [-0.15, -0.1) is 0 Å². The van der Waals surface area contributed by atoms with Gasteiger partial charge in [0.15, 0.2) is 6.10 Å². The Kier molecular flexibility index (Phi) is 64.1. The molecule has 0 bridgehead atoms. The third kappa shape index (κ3) is 64.3. The predicted molar refractivity (Wildman–Crippen MR) is 335 cm³/mol. The molecule has 0 amide bonds. The highest BCUT2D eigenvalue weighted by molar-refractivity contribution is 5.71. The van der Waals surface area contributed by atoms with Crippen molar-refractivity contribution in [3.63, 3.8) is 0 Å². The van der Waals surface area contributed by atoms with Gasteiger partial charge in [0, 0.05) is 19.3 Å². The molecule has 0 aliphatic heterocycles. The summed E-state index contributed by atoms with van der Waals surface area (Å²) in [7, 11) is 0. The maximum atomic E-state index is 12.9. The molecule has 0 spiro atoms. The fourth-order valence-corrected chi connectivity index (χ4v) is 10.4. The minimum Gasteiger partial charge on any atom is -0.462 e. The van der Waals surface area contributed by atoms with Crippen molar-refractivity contribution in [3.8, 4) is 0 Å². The molecule has 6 heteroatoms. The van der Waals surface area contributed by atoms with Crippen LogP contribution in [0.25, 0.3) is 0 Å². The van der Waals surface area contributed by atoms with E-state index in [0.717, 1.165) is 64.2 Å². The largest absolute Gasteiger partial charge is 0.462 e. The lowest BCUT2D eigenvalue weighted by molar-refractivity contribution is -0.167. The summed E-state index contributed by atoms with van der Waals surface area (Å²) in [6.45, 7) is 6.65. The van der Waals surface area contributed by atoms with Crippen LogP contribution in [0.2, 0.25) is 0 Å². The lowest BCUT2D eigenvalue weighted by Gasteiger charge is -2.18. The molecule has 1 atom stereocenters. The topological polar surface area (TPSA) is 78.9 Å². The first-order valence-corrected chi connectivity index (χ1v) is 34.5. The van der Waals surface area contributed by atoms with Gasteiger partial charge >= 0.3 is 17.9 Å². The Morgan fingerprint density at radius 2 is 0.468 bits per heavy atom. The van der Waals surface area contributed by atoms with Crippen LogP contribution in [0.4, 0.5) is 0 Å². The normalized spacial score (nSPS) is 12.2. The fraction of sp³-hybridized carbons (Fsp3) is 0.873. The van der Waals surface area contributed by atoms with E-state index in [1.165, 1.54) is 276 Å². The minimum absolute atomic E-state index is 0.0675. The molecule has 0 N–H and O–H groups in total. The molecule has 0 aliphatic carbocycles. The molecule has 0 saturated carbocycles.